The summed E-state index contributed by atoms with van der Waals surface area (Å²) in [7, 11) is 1.46. The fraction of sp³-hybridized carbons (Fsp3) is 0.467. The van der Waals surface area contributed by atoms with E-state index in [2.05, 4.69) is 5.32 Å². The molecular formula is C15H22N2O3. The number of amides is 2. The zero-order chi connectivity index (χ0) is 15.0. The molecule has 110 valence electrons. The Morgan fingerprint density at radius 2 is 1.95 bits per heavy atom. The largest absolute Gasteiger partial charge is 0.368 e. The first-order valence-corrected chi connectivity index (χ1v) is 6.77. The molecule has 0 spiro atoms. The summed E-state index contributed by atoms with van der Waals surface area (Å²) in [5.74, 6) is -0.867. The summed E-state index contributed by atoms with van der Waals surface area (Å²) >= 11 is 0. The molecule has 3 N–H and O–H groups in total. The zero-order valence-electron chi connectivity index (χ0n) is 12.0. The quantitative estimate of drug-likeness (QED) is 0.756. The maximum Gasteiger partial charge on any atom is 0.254 e. The fourth-order valence-corrected chi connectivity index (χ4v) is 1.96. The van der Waals surface area contributed by atoms with Crippen molar-refractivity contribution in [2.45, 2.75) is 38.3 Å². The van der Waals surface area contributed by atoms with Crippen molar-refractivity contribution in [2.24, 2.45) is 5.73 Å². The van der Waals surface area contributed by atoms with Crippen molar-refractivity contribution in [1.82, 2.24) is 5.32 Å². The van der Waals surface area contributed by atoms with Gasteiger partial charge in [-0.1, -0.05) is 50.1 Å². The summed E-state index contributed by atoms with van der Waals surface area (Å²) in [5.41, 5.74) is 6.05. The van der Waals surface area contributed by atoms with Crippen molar-refractivity contribution in [2.75, 3.05) is 7.11 Å². The molecule has 20 heavy (non-hydrogen) atoms. The number of carbonyl (C=O) groups is 2. The minimum Gasteiger partial charge on any atom is -0.368 e. The van der Waals surface area contributed by atoms with Gasteiger partial charge in [-0.05, 0) is 12.0 Å². The Hall–Kier alpha value is -1.88. The van der Waals surface area contributed by atoms with Gasteiger partial charge in [0, 0.05) is 7.11 Å². The van der Waals surface area contributed by atoms with Gasteiger partial charge in [-0.3, -0.25) is 9.59 Å². The van der Waals surface area contributed by atoms with Gasteiger partial charge < -0.3 is 15.8 Å². The Labute approximate surface area is 119 Å². The van der Waals surface area contributed by atoms with E-state index in [1.165, 1.54) is 7.11 Å². The predicted octanol–water partition coefficient (Wildman–Crippen LogP) is 1.53. The number of ether oxygens (including phenoxy) is 1. The first-order valence-electron chi connectivity index (χ1n) is 6.77. The van der Waals surface area contributed by atoms with Gasteiger partial charge in [0.25, 0.3) is 5.91 Å². The summed E-state index contributed by atoms with van der Waals surface area (Å²) < 4.78 is 5.22. The van der Waals surface area contributed by atoms with Crippen LogP contribution in [0.3, 0.4) is 0 Å². The topological polar surface area (TPSA) is 81.4 Å². The van der Waals surface area contributed by atoms with Crippen LogP contribution in [0.15, 0.2) is 30.3 Å². The molecule has 0 aliphatic rings. The molecule has 0 unspecified atom stereocenters. The number of carbonyl (C=O) groups excluding carboxylic acids is 2. The fourth-order valence-electron chi connectivity index (χ4n) is 1.96. The van der Waals surface area contributed by atoms with Crippen LogP contribution in [0.4, 0.5) is 0 Å². The minimum atomic E-state index is -0.736. The molecule has 5 nitrogen and oxygen atoms in total. The van der Waals surface area contributed by atoms with E-state index in [0.717, 1.165) is 18.4 Å². The monoisotopic (exact) mass is 278 g/mol. The molecule has 0 saturated heterocycles. The Balaban J connectivity index is 2.73. The molecule has 1 aromatic carbocycles. The van der Waals surface area contributed by atoms with Crippen LogP contribution in [-0.4, -0.2) is 25.0 Å². The van der Waals surface area contributed by atoms with Crippen molar-refractivity contribution >= 4 is 11.8 Å². The second-order valence-electron chi connectivity index (χ2n) is 4.63. The molecule has 0 bridgehead atoms. The molecule has 0 radical (unpaired) electrons. The lowest BCUT2D eigenvalue weighted by molar-refractivity contribution is -0.135. The van der Waals surface area contributed by atoms with Crippen LogP contribution < -0.4 is 11.1 Å². The summed E-state index contributed by atoms with van der Waals surface area (Å²) in [6, 6.07) is 8.48. The summed E-state index contributed by atoms with van der Waals surface area (Å²) in [4.78, 5) is 23.6. The van der Waals surface area contributed by atoms with Gasteiger partial charge >= 0.3 is 0 Å². The van der Waals surface area contributed by atoms with Gasteiger partial charge in [0.05, 0.1) is 0 Å². The molecule has 5 heteroatoms. The number of hydrogen-bond donors (Lipinski definition) is 2. The summed E-state index contributed by atoms with van der Waals surface area (Å²) in [6.07, 6.45) is 1.57. The highest BCUT2D eigenvalue weighted by Gasteiger charge is 2.24. The molecule has 0 heterocycles. The van der Waals surface area contributed by atoms with Crippen molar-refractivity contribution in [3.05, 3.63) is 35.9 Å². The highest BCUT2D eigenvalue weighted by Crippen LogP contribution is 2.16. The average molecular weight is 278 g/mol. The summed E-state index contributed by atoms with van der Waals surface area (Å²) in [6.45, 7) is 2.02. The van der Waals surface area contributed by atoms with E-state index in [0.29, 0.717) is 6.42 Å². The first kappa shape index (κ1) is 16.2. The number of methoxy groups -OCH3 is 1. The molecule has 0 aliphatic heterocycles. The van der Waals surface area contributed by atoms with Crippen molar-refractivity contribution in [1.29, 1.82) is 0 Å². The number of primary amides is 1. The third kappa shape index (κ3) is 4.66. The number of nitrogens with two attached hydrogens (primary N) is 1. The maximum atomic E-state index is 12.2. The Morgan fingerprint density at radius 3 is 2.45 bits per heavy atom. The smallest absolute Gasteiger partial charge is 0.254 e. The third-order valence-corrected chi connectivity index (χ3v) is 3.08. The second-order valence-corrected chi connectivity index (χ2v) is 4.63. The molecule has 2 amide bonds. The van der Waals surface area contributed by atoms with Gasteiger partial charge in [-0.15, -0.1) is 0 Å². The minimum absolute atomic E-state index is 0.349. The van der Waals surface area contributed by atoms with E-state index in [1.807, 2.05) is 25.1 Å². The normalized spacial score (nSPS) is 13.5. The number of unbranched alkanes of at least 4 members (excludes halogenated alkanes) is 1. The SMILES string of the molecule is CCCC[C@H](NC(=O)[C@@H](OC)c1ccccc1)C(N)=O. The van der Waals surface area contributed by atoms with Gasteiger partial charge in [-0.25, -0.2) is 0 Å². The number of rotatable bonds is 8. The van der Waals surface area contributed by atoms with Crippen LogP contribution in [0.2, 0.25) is 0 Å². The second kappa shape index (κ2) is 8.32. The van der Waals surface area contributed by atoms with Gasteiger partial charge in [0.15, 0.2) is 6.10 Å². The lowest BCUT2D eigenvalue weighted by Gasteiger charge is -2.20. The number of hydrogen-bond acceptors (Lipinski definition) is 3. The average Bonchev–Trinajstić information content (AvgIpc) is 2.45. The zero-order valence-corrected chi connectivity index (χ0v) is 12.0. The predicted molar refractivity (Wildman–Crippen MR) is 76.8 cm³/mol. The van der Waals surface area contributed by atoms with Crippen molar-refractivity contribution < 1.29 is 14.3 Å². The highest BCUT2D eigenvalue weighted by atomic mass is 16.5. The van der Waals surface area contributed by atoms with Gasteiger partial charge in [0.2, 0.25) is 5.91 Å². The first-order chi connectivity index (χ1) is 9.60. The Morgan fingerprint density at radius 1 is 1.30 bits per heavy atom. The van der Waals surface area contributed by atoms with Crippen LogP contribution in [0.25, 0.3) is 0 Å². The molecular weight excluding hydrogens is 256 g/mol. The molecule has 1 rings (SSSR count). The van der Waals surface area contributed by atoms with E-state index in [4.69, 9.17) is 10.5 Å². The van der Waals surface area contributed by atoms with Crippen molar-refractivity contribution in [3.8, 4) is 0 Å². The van der Waals surface area contributed by atoms with Crippen LogP contribution in [0.5, 0.6) is 0 Å². The Kier molecular flexibility index (Phi) is 6.73. The number of nitrogens with one attached hydrogen (secondary N) is 1. The van der Waals surface area contributed by atoms with E-state index in [1.54, 1.807) is 12.1 Å². The molecule has 0 fully saturated rings. The molecule has 0 saturated carbocycles. The summed E-state index contributed by atoms with van der Waals surface area (Å²) in [5, 5.41) is 2.66. The third-order valence-electron chi connectivity index (χ3n) is 3.08. The van der Waals surface area contributed by atoms with Crippen LogP contribution in [-0.2, 0) is 14.3 Å². The van der Waals surface area contributed by atoms with E-state index in [-0.39, 0.29) is 5.91 Å². The van der Waals surface area contributed by atoms with Gasteiger partial charge in [0.1, 0.15) is 6.04 Å². The standard InChI is InChI=1S/C15H22N2O3/c1-3-4-10-12(14(16)18)17-15(19)13(20-2)11-8-6-5-7-9-11/h5-9,12-13H,3-4,10H2,1-2H3,(H2,16,18)(H,17,19)/t12-,13-/m0/s1. The molecule has 2 atom stereocenters. The molecule has 1 aromatic rings. The van der Waals surface area contributed by atoms with Gasteiger partial charge in [-0.2, -0.15) is 0 Å². The molecule has 0 aliphatic carbocycles. The lowest BCUT2D eigenvalue weighted by Crippen LogP contribution is -2.46. The van der Waals surface area contributed by atoms with Crippen LogP contribution in [0, 0.1) is 0 Å². The van der Waals surface area contributed by atoms with E-state index < -0.39 is 18.1 Å². The lowest BCUT2D eigenvalue weighted by atomic mass is 10.1. The van der Waals surface area contributed by atoms with E-state index >= 15 is 0 Å². The van der Waals surface area contributed by atoms with E-state index in [9.17, 15) is 9.59 Å². The maximum absolute atomic E-state index is 12.2. The van der Waals surface area contributed by atoms with Crippen LogP contribution in [0.1, 0.15) is 37.9 Å². The Bertz CT molecular complexity index is 434. The van der Waals surface area contributed by atoms with Crippen LogP contribution >= 0.6 is 0 Å². The van der Waals surface area contributed by atoms with Crippen molar-refractivity contribution in [3.63, 3.8) is 0 Å². The number of benzene rings is 1. The molecule has 0 aromatic heterocycles. The highest BCUT2D eigenvalue weighted by molar-refractivity contribution is 5.89.